The second-order valence-electron chi connectivity index (χ2n) is 8.84. The summed E-state index contributed by atoms with van der Waals surface area (Å²) in [4.78, 5) is 24.5. The summed E-state index contributed by atoms with van der Waals surface area (Å²) >= 11 is 12.1. The molecule has 2 aromatic rings. The highest BCUT2D eigenvalue weighted by atomic mass is 35.5. The Kier molecular flexibility index (Phi) is 6.01. The van der Waals surface area contributed by atoms with E-state index in [1.54, 1.807) is 0 Å². The van der Waals surface area contributed by atoms with Crippen LogP contribution in [0.15, 0.2) is 46.2 Å². The van der Waals surface area contributed by atoms with Gasteiger partial charge in [0, 0.05) is 11.8 Å². The fourth-order valence-corrected chi connectivity index (χ4v) is 6.72. The lowest BCUT2D eigenvalue weighted by Crippen LogP contribution is -2.78. The van der Waals surface area contributed by atoms with Gasteiger partial charge in [-0.15, -0.1) is 0 Å². The van der Waals surface area contributed by atoms with E-state index in [1.807, 2.05) is 0 Å². The maximum atomic E-state index is 13.4. The van der Waals surface area contributed by atoms with E-state index in [1.165, 1.54) is 5.23 Å². The minimum absolute atomic E-state index is 0.0488. The molecule has 2 N–H and O–H groups in total. The fraction of sp³-hybridized carbons (Fsp3) is 0.333. The predicted octanol–water partition coefficient (Wildman–Crippen LogP) is 4.35. The molecule has 0 aliphatic heterocycles. The van der Waals surface area contributed by atoms with Crippen LogP contribution in [-0.2, 0) is 24.3 Å². The standard InChI is InChI=1S/C21H17Cl2F3N2O5S2/c1-34(31,32)12-2-4-13(5-3-12)35(33,11-29)28-17-7-16(23)15(22)6-14(17)18(30)27-20-8-19(9-20,10-20)21(24,25)26/h2-7H,8-10H2,1H3,(H,27,30)(H,28,33). The smallest absolute Gasteiger partial charge is 0.346 e. The molecule has 1 amide bonds. The highest BCUT2D eigenvalue weighted by Crippen LogP contribution is 2.73. The van der Waals surface area contributed by atoms with Crippen LogP contribution in [0.3, 0.4) is 0 Å². The van der Waals surface area contributed by atoms with Crippen molar-refractivity contribution in [2.45, 2.75) is 40.8 Å². The summed E-state index contributed by atoms with van der Waals surface area (Å²) in [6.07, 6.45) is -4.11. The molecule has 35 heavy (non-hydrogen) atoms. The van der Waals surface area contributed by atoms with Crippen molar-refractivity contribution in [2.75, 3.05) is 11.0 Å². The molecule has 3 aliphatic carbocycles. The van der Waals surface area contributed by atoms with Gasteiger partial charge in [-0.05, 0) is 55.7 Å². The van der Waals surface area contributed by atoms with E-state index in [4.69, 9.17) is 23.2 Å². The summed E-state index contributed by atoms with van der Waals surface area (Å²) in [6.45, 7) is 0. The molecule has 2 bridgehead atoms. The Bertz CT molecular complexity index is 1470. The molecule has 2 aromatic carbocycles. The summed E-state index contributed by atoms with van der Waals surface area (Å²) < 4.78 is 78.5. The maximum absolute atomic E-state index is 13.4. The molecule has 1 atom stereocenters. The summed E-state index contributed by atoms with van der Waals surface area (Å²) in [7, 11) is -7.39. The van der Waals surface area contributed by atoms with Gasteiger partial charge >= 0.3 is 6.18 Å². The van der Waals surface area contributed by atoms with Crippen LogP contribution in [0.2, 0.25) is 10.0 Å². The zero-order valence-electron chi connectivity index (χ0n) is 17.8. The van der Waals surface area contributed by atoms with Gasteiger partial charge in [0.25, 0.3) is 5.91 Å². The van der Waals surface area contributed by atoms with Crippen LogP contribution < -0.4 is 10.0 Å². The molecule has 14 heteroatoms. The monoisotopic (exact) mass is 568 g/mol. The van der Waals surface area contributed by atoms with Crippen LogP contribution in [-0.4, -0.2) is 41.7 Å². The molecule has 1 unspecified atom stereocenters. The zero-order chi connectivity index (χ0) is 26.0. The van der Waals surface area contributed by atoms with Gasteiger partial charge in [0.2, 0.25) is 5.23 Å². The van der Waals surface area contributed by atoms with E-state index < -0.39 is 42.6 Å². The molecule has 3 fully saturated rings. The molecule has 0 spiro atoms. The number of nitrogens with one attached hydrogen (secondary N) is 2. The fourth-order valence-electron chi connectivity index (χ4n) is 4.51. The third-order valence-electron chi connectivity index (χ3n) is 6.27. The molecule has 188 valence electrons. The average molecular weight is 569 g/mol. The first-order valence-corrected chi connectivity index (χ1v) is 14.1. The number of benzene rings is 2. The molecular formula is C21H17Cl2F3N2O5S2. The highest BCUT2D eigenvalue weighted by molar-refractivity contribution is 8.01. The molecule has 3 saturated carbocycles. The van der Waals surface area contributed by atoms with Gasteiger partial charge in [-0.2, -0.15) is 13.2 Å². The van der Waals surface area contributed by atoms with Crippen LogP contribution in [0.5, 0.6) is 0 Å². The van der Waals surface area contributed by atoms with Crippen molar-refractivity contribution < 1.29 is 35.4 Å². The summed E-state index contributed by atoms with van der Waals surface area (Å²) in [5, 5.41) is 3.88. The first kappa shape index (κ1) is 25.8. The number of anilines is 1. The number of carbonyl (C=O) groups is 1. The first-order valence-electron chi connectivity index (χ1n) is 9.93. The van der Waals surface area contributed by atoms with Crippen molar-refractivity contribution in [3.63, 3.8) is 0 Å². The van der Waals surface area contributed by atoms with Crippen molar-refractivity contribution in [3.8, 4) is 0 Å². The summed E-state index contributed by atoms with van der Waals surface area (Å²) in [5.74, 6) is -0.790. The highest BCUT2D eigenvalue weighted by Gasteiger charge is 2.79. The molecular weight excluding hydrogens is 552 g/mol. The molecule has 0 heterocycles. The molecule has 5 rings (SSSR count). The molecule has 7 nitrogen and oxygen atoms in total. The number of carbonyl (C=O) groups excluding carboxylic acids is 2. The van der Waals surface area contributed by atoms with Crippen LogP contribution in [0.1, 0.15) is 29.6 Å². The lowest BCUT2D eigenvalue weighted by Gasteiger charge is -2.70. The van der Waals surface area contributed by atoms with Crippen molar-refractivity contribution in [3.05, 3.63) is 52.0 Å². The van der Waals surface area contributed by atoms with Crippen LogP contribution in [0, 0.1) is 5.41 Å². The van der Waals surface area contributed by atoms with Crippen molar-refractivity contribution in [2.24, 2.45) is 5.41 Å². The Morgan fingerprint density at radius 3 is 2.00 bits per heavy atom. The topological polar surface area (TPSA) is 109 Å². The number of alkyl halides is 3. The largest absolute Gasteiger partial charge is 0.394 e. The second kappa shape index (κ2) is 8.14. The van der Waals surface area contributed by atoms with Gasteiger partial charge in [0.05, 0.1) is 36.5 Å². The third-order valence-corrected chi connectivity index (χ3v) is 9.80. The number of sulfone groups is 1. The van der Waals surface area contributed by atoms with Crippen LogP contribution >= 0.6 is 23.2 Å². The number of hydrogen-bond donors (Lipinski definition) is 2. The van der Waals surface area contributed by atoms with Crippen molar-refractivity contribution in [1.82, 2.24) is 5.32 Å². The summed E-state index contributed by atoms with van der Waals surface area (Å²) in [6, 6.07) is 6.93. The number of hydrogen-bond acceptors (Lipinski definition) is 5. The quantitative estimate of drug-likeness (QED) is 0.503. The van der Waals surface area contributed by atoms with Gasteiger partial charge in [0.1, 0.15) is 0 Å². The van der Waals surface area contributed by atoms with Crippen molar-refractivity contribution in [1.29, 1.82) is 0 Å². The number of halogens is 5. The Morgan fingerprint density at radius 2 is 1.51 bits per heavy atom. The second-order valence-corrected chi connectivity index (χ2v) is 13.6. The Labute approximate surface area is 209 Å². The first-order chi connectivity index (χ1) is 16.0. The molecule has 0 saturated heterocycles. The van der Waals surface area contributed by atoms with Gasteiger partial charge in [0.15, 0.2) is 19.5 Å². The van der Waals surface area contributed by atoms with Crippen LogP contribution in [0.25, 0.3) is 0 Å². The Balaban J connectivity index is 1.63. The molecule has 3 aliphatic rings. The van der Waals surface area contributed by atoms with E-state index in [9.17, 15) is 35.4 Å². The third kappa shape index (κ3) is 4.42. The molecule has 0 aromatic heterocycles. The normalized spacial score (nSPS) is 24.9. The molecule has 0 radical (unpaired) electrons. The zero-order valence-corrected chi connectivity index (χ0v) is 21.0. The Hall–Kier alpha value is -2.24. The lowest BCUT2D eigenvalue weighted by molar-refractivity contribution is -0.336. The minimum atomic E-state index is -4.35. The van der Waals surface area contributed by atoms with E-state index in [2.05, 4.69) is 10.0 Å². The van der Waals surface area contributed by atoms with Gasteiger partial charge in [-0.3, -0.25) is 9.52 Å². The predicted molar refractivity (Wildman–Crippen MR) is 124 cm³/mol. The van der Waals surface area contributed by atoms with E-state index >= 15 is 0 Å². The average Bonchev–Trinajstić information content (AvgIpc) is 2.70. The van der Waals surface area contributed by atoms with E-state index in [0.29, 0.717) is 0 Å². The van der Waals surface area contributed by atoms with Gasteiger partial charge in [-0.1, -0.05) is 23.2 Å². The van der Waals surface area contributed by atoms with Crippen LogP contribution in [0.4, 0.5) is 18.9 Å². The summed E-state index contributed by atoms with van der Waals surface area (Å²) in [5.41, 5.74) is -3.15. The lowest BCUT2D eigenvalue weighted by atomic mass is 9.39. The van der Waals surface area contributed by atoms with Gasteiger partial charge in [-0.25, -0.2) is 17.4 Å². The van der Waals surface area contributed by atoms with E-state index in [0.717, 1.165) is 42.7 Å². The van der Waals surface area contributed by atoms with E-state index in [-0.39, 0.29) is 50.3 Å². The number of amides is 1. The number of rotatable bonds is 6. The van der Waals surface area contributed by atoms with Crippen molar-refractivity contribution >= 4 is 59.6 Å². The minimum Gasteiger partial charge on any atom is -0.346 e. The Morgan fingerprint density at radius 1 is 1.00 bits per heavy atom. The maximum Gasteiger partial charge on any atom is 0.394 e. The van der Waals surface area contributed by atoms with Gasteiger partial charge < -0.3 is 5.32 Å². The SMILES string of the molecule is CS(=O)(=O)c1ccc(S(=O)(=C=O)Nc2cc(Cl)c(Cl)cc2C(=O)NC23CC(C(F)(F)F)(C2)C3)cc1.